The predicted molar refractivity (Wildman–Crippen MR) is 158 cm³/mol. The van der Waals surface area contributed by atoms with Crippen molar-refractivity contribution in [3.05, 3.63) is 105 Å². The normalized spacial score (nSPS) is 14.5. The topological polar surface area (TPSA) is 144 Å². The minimum absolute atomic E-state index is 0.00324. The standard InChI is InChI=1S/C30H25Cl2F2N3O6/c31-21-10-18(12-36-25(13-38)30(39)40)26(42-14-16-7-8-24(37-41)23(35)9-16)11-27(21)43-15-17-3-1-4-19(28(17)32)20-5-2-6-22(33)29(20)34/h1-11,25,35-36,38,41H,12-15H2,(H,39,40)/b35-23?,37-24-. The molecule has 0 amide bonds. The Balaban J connectivity index is 1.59. The van der Waals surface area contributed by atoms with Crippen molar-refractivity contribution in [1.29, 1.82) is 5.41 Å². The van der Waals surface area contributed by atoms with E-state index in [-0.39, 0.29) is 63.9 Å². The van der Waals surface area contributed by atoms with Crippen LogP contribution in [0.4, 0.5) is 8.78 Å². The molecule has 5 N–H and O–H groups in total. The van der Waals surface area contributed by atoms with Crippen molar-refractivity contribution in [3.8, 4) is 22.6 Å². The summed E-state index contributed by atoms with van der Waals surface area (Å²) in [6, 6.07) is 10.4. The van der Waals surface area contributed by atoms with Gasteiger partial charge in [0.2, 0.25) is 0 Å². The maximum absolute atomic E-state index is 14.4. The van der Waals surface area contributed by atoms with Crippen molar-refractivity contribution >= 4 is 40.6 Å². The molecule has 0 saturated carbocycles. The molecule has 1 aliphatic carbocycles. The first kappa shape index (κ1) is 31.6. The molecule has 9 nitrogen and oxygen atoms in total. The second-order valence-corrected chi connectivity index (χ2v) is 10.0. The Morgan fingerprint density at radius 1 is 1.00 bits per heavy atom. The summed E-state index contributed by atoms with van der Waals surface area (Å²) in [4.78, 5) is 11.4. The average Bonchev–Trinajstić information content (AvgIpc) is 2.98. The number of allylic oxidation sites excluding steroid dienone is 2. The lowest BCUT2D eigenvalue weighted by Crippen LogP contribution is -2.39. The molecule has 4 rings (SSSR count). The minimum Gasteiger partial charge on any atom is -0.488 e. The van der Waals surface area contributed by atoms with Crippen LogP contribution in [-0.4, -0.2) is 52.1 Å². The summed E-state index contributed by atoms with van der Waals surface area (Å²) in [6.07, 6.45) is 4.52. The fourth-order valence-corrected chi connectivity index (χ4v) is 4.63. The van der Waals surface area contributed by atoms with E-state index >= 15 is 0 Å². The third-order valence-corrected chi connectivity index (χ3v) is 7.14. The minimum atomic E-state index is -1.24. The molecule has 0 aliphatic heterocycles. The second kappa shape index (κ2) is 14.3. The number of hydrogen-bond acceptors (Lipinski definition) is 8. The van der Waals surface area contributed by atoms with E-state index in [9.17, 15) is 23.8 Å². The van der Waals surface area contributed by atoms with Gasteiger partial charge >= 0.3 is 5.97 Å². The summed E-state index contributed by atoms with van der Waals surface area (Å²) in [5.41, 5.74) is 1.85. The number of nitrogens with one attached hydrogen (secondary N) is 2. The van der Waals surface area contributed by atoms with E-state index in [1.54, 1.807) is 24.3 Å². The highest BCUT2D eigenvalue weighted by atomic mass is 35.5. The quantitative estimate of drug-likeness (QED) is 0.0968. The fourth-order valence-electron chi connectivity index (χ4n) is 4.11. The molecular weight excluding hydrogens is 607 g/mol. The lowest BCUT2D eigenvalue weighted by atomic mass is 10.0. The van der Waals surface area contributed by atoms with Crippen LogP contribution in [-0.2, 0) is 17.9 Å². The number of oxime groups is 1. The molecule has 0 heterocycles. The second-order valence-electron chi connectivity index (χ2n) is 9.25. The van der Waals surface area contributed by atoms with Gasteiger partial charge in [-0.1, -0.05) is 64.8 Å². The molecule has 0 radical (unpaired) electrons. The van der Waals surface area contributed by atoms with Gasteiger partial charge in [0.1, 0.15) is 36.5 Å². The predicted octanol–water partition coefficient (Wildman–Crippen LogP) is 5.78. The van der Waals surface area contributed by atoms with E-state index in [1.807, 2.05) is 0 Å². The fraction of sp³-hybridized carbons (Fsp3) is 0.167. The number of benzene rings is 3. The van der Waals surface area contributed by atoms with Gasteiger partial charge in [-0.3, -0.25) is 15.5 Å². The average molecular weight is 632 g/mol. The Kier molecular flexibility index (Phi) is 10.5. The molecule has 1 aliphatic rings. The number of aliphatic carboxylic acids is 1. The Hall–Kier alpha value is -4.29. The zero-order chi connectivity index (χ0) is 31.1. The van der Waals surface area contributed by atoms with Gasteiger partial charge < -0.3 is 24.9 Å². The Labute approximate surface area is 254 Å². The summed E-state index contributed by atoms with van der Waals surface area (Å²) < 4.78 is 40.2. The Morgan fingerprint density at radius 2 is 1.72 bits per heavy atom. The van der Waals surface area contributed by atoms with Crippen LogP contribution >= 0.6 is 23.2 Å². The van der Waals surface area contributed by atoms with Crippen LogP contribution in [0.15, 0.2) is 77.5 Å². The molecule has 0 saturated heterocycles. The van der Waals surface area contributed by atoms with Crippen molar-refractivity contribution in [2.75, 3.05) is 13.2 Å². The lowest BCUT2D eigenvalue weighted by Gasteiger charge is -2.19. The van der Waals surface area contributed by atoms with Crippen LogP contribution in [0.3, 0.4) is 0 Å². The van der Waals surface area contributed by atoms with Gasteiger partial charge in [0.25, 0.3) is 0 Å². The molecule has 0 fully saturated rings. The molecule has 0 spiro atoms. The molecule has 0 aromatic heterocycles. The van der Waals surface area contributed by atoms with Crippen LogP contribution in [0.25, 0.3) is 11.1 Å². The zero-order valence-corrected chi connectivity index (χ0v) is 23.8. The number of ether oxygens (including phenoxy) is 2. The first-order valence-electron chi connectivity index (χ1n) is 12.7. The summed E-state index contributed by atoms with van der Waals surface area (Å²) in [7, 11) is 0. The van der Waals surface area contributed by atoms with Gasteiger partial charge in [-0.05, 0) is 29.9 Å². The van der Waals surface area contributed by atoms with E-state index in [4.69, 9.17) is 43.3 Å². The SMILES string of the molecule is N=C1C=C(COc2cc(OCc3cccc(-c4cccc(F)c4F)c3Cl)c(Cl)cc2CNC(CO)C(=O)O)C=C/C1=N/O. The van der Waals surface area contributed by atoms with Crippen molar-refractivity contribution in [3.63, 3.8) is 0 Å². The van der Waals surface area contributed by atoms with Crippen LogP contribution in [0.1, 0.15) is 11.1 Å². The first-order valence-corrected chi connectivity index (χ1v) is 13.4. The van der Waals surface area contributed by atoms with Gasteiger partial charge in [0, 0.05) is 34.9 Å². The lowest BCUT2D eigenvalue weighted by molar-refractivity contribution is -0.140. The number of nitrogens with zero attached hydrogens (tertiary/aromatic N) is 1. The highest BCUT2D eigenvalue weighted by molar-refractivity contribution is 6.50. The van der Waals surface area contributed by atoms with Crippen molar-refractivity contribution in [1.82, 2.24) is 5.32 Å². The smallest absolute Gasteiger partial charge is 0.323 e. The van der Waals surface area contributed by atoms with E-state index in [1.165, 1.54) is 36.4 Å². The van der Waals surface area contributed by atoms with Gasteiger partial charge in [0.15, 0.2) is 11.6 Å². The monoisotopic (exact) mass is 631 g/mol. The molecule has 3 aromatic carbocycles. The van der Waals surface area contributed by atoms with Crippen LogP contribution in [0.5, 0.6) is 11.5 Å². The summed E-state index contributed by atoms with van der Waals surface area (Å²) in [5, 5.41) is 41.6. The third kappa shape index (κ3) is 7.57. The number of carbonyl (C=O) groups is 1. The number of carboxylic acids is 1. The number of rotatable bonds is 12. The molecule has 3 aromatic rings. The molecule has 43 heavy (non-hydrogen) atoms. The van der Waals surface area contributed by atoms with E-state index in [0.29, 0.717) is 16.7 Å². The van der Waals surface area contributed by atoms with E-state index in [0.717, 1.165) is 6.07 Å². The summed E-state index contributed by atoms with van der Waals surface area (Å²) in [5.74, 6) is -2.83. The number of halogens is 4. The maximum atomic E-state index is 14.4. The largest absolute Gasteiger partial charge is 0.488 e. The van der Waals surface area contributed by atoms with Gasteiger partial charge in [-0.25, -0.2) is 8.78 Å². The van der Waals surface area contributed by atoms with Crippen molar-refractivity contribution in [2.45, 2.75) is 19.2 Å². The third-order valence-electron chi connectivity index (χ3n) is 6.40. The van der Waals surface area contributed by atoms with E-state index < -0.39 is 30.3 Å². The molecular formula is C30H25Cl2F2N3O6. The molecule has 1 unspecified atom stereocenters. The number of aliphatic hydroxyl groups is 1. The Bertz CT molecular complexity index is 1640. The zero-order valence-electron chi connectivity index (χ0n) is 22.3. The first-order chi connectivity index (χ1) is 20.6. The van der Waals surface area contributed by atoms with Crippen molar-refractivity contribution in [2.24, 2.45) is 5.16 Å². The molecule has 224 valence electrons. The highest BCUT2D eigenvalue weighted by Crippen LogP contribution is 2.36. The van der Waals surface area contributed by atoms with Crippen LogP contribution < -0.4 is 14.8 Å². The van der Waals surface area contributed by atoms with Crippen LogP contribution in [0, 0.1) is 17.0 Å². The van der Waals surface area contributed by atoms with Crippen LogP contribution in [0.2, 0.25) is 10.0 Å². The van der Waals surface area contributed by atoms with Gasteiger partial charge in [0.05, 0.1) is 22.4 Å². The molecule has 1 atom stereocenters. The summed E-state index contributed by atoms with van der Waals surface area (Å²) >= 11 is 13.0. The highest BCUT2D eigenvalue weighted by Gasteiger charge is 2.20. The van der Waals surface area contributed by atoms with Gasteiger partial charge in [-0.15, -0.1) is 0 Å². The number of hydrogen-bond donors (Lipinski definition) is 5. The summed E-state index contributed by atoms with van der Waals surface area (Å²) in [6.45, 7) is -0.790. The van der Waals surface area contributed by atoms with Crippen molar-refractivity contribution < 1.29 is 38.5 Å². The maximum Gasteiger partial charge on any atom is 0.323 e. The van der Waals surface area contributed by atoms with Gasteiger partial charge in [-0.2, -0.15) is 0 Å². The molecule has 13 heteroatoms. The molecule has 0 bridgehead atoms. The number of aliphatic hydroxyl groups excluding tert-OH is 1. The van der Waals surface area contributed by atoms with E-state index in [2.05, 4.69) is 10.5 Å². The number of carboxylic acid groups (broad SMARTS) is 1. The Morgan fingerprint density at radius 3 is 2.42 bits per heavy atom.